The molecule has 2 amide bonds. The highest BCUT2D eigenvalue weighted by Crippen LogP contribution is 2.29. The number of carbonyl (C=O) groups is 2. The number of thioether (sulfide) groups is 1. The molecule has 1 unspecified atom stereocenters. The summed E-state index contributed by atoms with van der Waals surface area (Å²) in [6.07, 6.45) is 6.47. The third-order valence-corrected chi connectivity index (χ3v) is 5.01. The molecule has 1 atom stereocenters. The number of amides is 2. The molecule has 1 N–H and O–H groups in total. The first-order valence-electron chi connectivity index (χ1n) is 7.45. The van der Waals surface area contributed by atoms with Crippen molar-refractivity contribution < 1.29 is 9.59 Å². The molecule has 112 valence electrons. The Kier molecular flexibility index (Phi) is 4.19. The summed E-state index contributed by atoms with van der Waals surface area (Å²) in [5, 5.41) is 3.22. The lowest BCUT2D eigenvalue weighted by molar-refractivity contribution is -0.141. The van der Waals surface area contributed by atoms with Crippen LogP contribution in [-0.2, 0) is 9.59 Å². The zero-order valence-corrected chi connectivity index (χ0v) is 13.0. The molecule has 1 aromatic carbocycles. The monoisotopic (exact) mass is 304 g/mol. The minimum atomic E-state index is -0.407. The number of carbonyl (C=O) groups excluding carboxylic acids is 2. The van der Waals surface area contributed by atoms with Crippen molar-refractivity contribution in [1.82, 2.24) is 4.90 Å². The summed E-state index contributed by atoms with van der Waals surface area (Å²) in [6, 6.07) is 7.67. The zero-order valence-electron chi connectivity index (χ0n) is 12.2. The highest BCUT2D eigenvalue weighted by molar-refractivity contribution is 7.98. The van der Waals surface area contributed by atoms with Crippen molar-refractivity contribution in [3.8, 4) is 0 Å². The van der Waals surface area contributed by atoms with Gasteiger partial charge < -0.3 is 5.32 Å². The topological polar surface area (TPSA) is 49.4 Å². The maximum absolute atomic E-state index is 12.5. The van der Waals surface area contributed by atoms with Crippen LogP contribution in [-0.4, -0.2) is 35.1 Å². The Morgan fingerprint density at radius 1 is 1.24 bits per heavy atom. The number of likely N-dealkylation sites (tertiary alicyclic amines) is 1. The fourth-order valence-corrected chi connectivity index (χ4v) is 3.68. The van der Waals surface area contributed by atoms with Crippen LogP contribution in [0.1, 0.15) is 32.1 Å². The summed E-state index contributed by atoms with van der Waals surface area (Å²) in [6.45, 7) is 0. The van der Waals surface area contributed by atoms with E-state index in [0.717, 1.165) is 36.3 Å². The Hall–Kier alpha value is -1.49. The Morgan fingerprint density at radius 2 is 2.00 bits per heavy atom. The van der Waals surface area contributed by atoms with E-state index in [4.69, 9.17) is 0 Å². The minimum absolute atomic E-state index is 0.0228. The molecule has 21 heavy (non-hydrogen) atoms. The molecule has 1 saturated carbocycles. The highest BCUT2D eigenvalue weighted by atomic mass is 32.2. The molecule has 2 aliphatic rings. The fourth-order valence-electron chi connectivity index (χ4n) is 3.22. The second-order valence-electron chi connectivity index (χ2n) is 5.67. The molecule has 0 bridgehead atoms. The highest BCUT2D eigenvalue weighted by Gasteiger charge is 2.42. The van der Waals surface area contributed by atoms with E-state index in [1.165, 1.54) is 4.90 Å². The molecule has 1 heterocycles. The van der Waals surface area contributed by atoms with Gasteiger partial charge in [-0.15, -0.1) is 11.8 Å². The van der Waals surface area contributed by atoms with Gasteiger partial charge in [0.1, 0.15) is 6.04 Å². The Bertz CT molecular complexity index is 555. The van der Waals surface area contributed by atoms with Gasteiger partial charge in [-0.05, 0) is 37.3 Å². The normalized spacial score (nSPS) is 23.1. The van der Waals surface area contributed by atoms with Crippen LogP contribution in [0.3, 0.4) is 0 Å². The van der Waals surface area contributed by atoms with Gasteiger partial charge in [0.15, 0.2) is 0 Å². The third-order valence-electron chi connectivity index (χ3n) is 4.28. The van der Waals surface area contributed by atoms with Crippen molar-refractivity contribution in [1.29, 1.82) is 0 Å². The number of benzene rings is 1. The van der Waals surface area contributed by atoms with Crippen molar-refractivity contribution in [3.63, 3.8) is 0 Å². The average Bonchev–Trinajstić information content (AvgIpc) is 3.08. The molecular formula is C16H20N2O2S. The van der Waals surface area contributed by atoms with Gasteiger partial charge in [-0.1, -0.05) is 18.9 Å². The van der Waals surface area contributed by atoms with Crippen molar-refractivity contribution in [2.45, 2.75) is 49.1 Å². The molecule has 2 fully saturated rings. The number of nitrogens with zero attached hydrogens (tertiary/aromatic N) is 1. The van der Waals surface area contributed by atoms with Gasteiger partial charge in [-0.3, -0.25) is 14.5 Å². The molecule has 4 nitrogen and oxygen atoms in total. The van der Waals surface area contributed by atoms with Crippen molar-refractivity contribution in [2.24, 2.45) is 0 Å². The van der Waals surface area contributed by atoms with Crippen LogP contribution in [0, 0.1) is 0 Å². The predicted molar refractivity (Wildman–Crippen MR) is 84.4 cm³/mol. The molecule has 1 saturated heterocycles. The SMILES string of the molecule is CSc1cccc(NC2CC(=O)N(C3CCCC3)C2=O)c1. The van der Waals surface area contributed by atoms with Crippen molar-refractivity contribution in [2.75, 3.05) is 11.6 Å². The van der Waals surface area contributed by atoms with Gasteiger partial charge in [0.25, 0.3) is 5.91 Å². The third kappa shape index (κ3) is 2.93. The summed E-state index contributed by atoms with van der Waals surface area (Å²) in [5.74, 6) is -0.0770. The zero-order chi connectivity index (χ0) is 14.8. The molecule has 5 heteroatoms. The van der Waals surface area contributed by atoms with E-state index in [0.29, 0.717) is 0 Å². The van der Waals surface area contributed by atoms with Crippen LogP contribution in [0.2, 0.25) is 0 Å². The van der Waals surface area contributed by atoms with Gasteiger partial charge in [-0.25, -0.2) is 0 Å². The first kappa shape index (κ1) is 14.4. The summed E-state index contributed by atoms with van der Waals surface area (Å²) in [5.41, 5.74) is 0.904. The van der Waals surface area contributed by atoms with Crippen LogP contribution in [0.25, 0.3) is 0 Å². The molecule has 0 radical (unpaired) electrons. The van der Waals surface area contributed by atoms with Crippen molar-refractivity contribution in [3.05, 3.63) is 24.3 Å². The molecule has 1 aromatic rings. The number of imide groups is 1. The number of nitrogens with one attached hydrogen (secondary N) is 1. The van der Waals surface area contributed by atoms with Gasteiger partial charge >= 0.3 is 0 Å². The summed E-state index contributed by atoms with van der Waals surface area (Å²) < 4.78 is 0. The average molecular weight is 304 g/mol. The summed E-state index contributed by atoms with van der Waals surface area (Å²) in [7, 11) is 0. The molecule has 0 aromatic heterocycles. The lowest BCUT2D eigenvalue weighted by atomic mass is 10.2. The predicted octanol–water partition coefficient (Wildman–Crippen LogP) is 2.89. The number of rotatable bonds is 4. The van der Waals surface area contributed by atoms with E-state index in [1.807, 2.05) is 30.5 Å². The van der Waals surface area contributed by atoms with Crippen molar-refractivity contribution >= 4 is 29.3 Å². The van der Waals surface area contributed by atoms with E-state index in [-0.39, 0.29) is 24.3 Å². The number of hydrogen-bond donors (Lipinski definition) is 1. The smallest absolute Gasteiger partial charge is 0.252 e. The maximum atomic E-state index is 12.5. The van der Waals surface area contributed by atoms with E-state index < -0.39 is 6.04 Å². The largest absolute Gasteiger partial charge is 0.373 e. The first-order valence-corrected chi connectivity index (χ1v) is 8.68. The molecule has 3 rings (SSSR count). The number of anilines is 1. The summed E-state index contributed by atoms with van der Waals surface area (Å²) >= 11 is 1.66. The Labute approximate surface area is 129 Å². The van der Waals surface area contributed by atoms with Crippen LogP contribution >= 0.6 is 11.8 Å². The standard InChI is InChI=1S/C16H20N2O2S/c1-21-13-8-4-5-11(9-13)17-14-10-15(19)18(16(14)20)12-6-2-3-7-12/h4-5,8-9,12,14,17H,2-3,6-7,10H2,1H3. The number of hydrogen-bond acceptors (Lipinski definition) is 4. The fraction of sp³-hybridized carbons (Fsp3) is 0.500. The Balaban J connectivity index is 1.71. The molecule has 1 aliphatic heterocycles. The van der Waals surface area contributed by atoms with Gasteiger partial charge in [0.05, 0.1) is 6.42 Å². The van der Waals surface area contributed by atoms with E-state index >= 15 is 0 Å². The minimum Gasteiger partial charge on any atom is -0.373 e. The molecule has 0 spiro atoms. The van der Waals surface area contributed by atoms with E-state index in [9.17, 15) is 9.59 Å². The molecule has 1 aliphatic carbocycles. The second kappa shape index (κ2) is 6.10. The summed E-state index contributed by atoms with van der Waals surface area (Å²) in [4.78, 5) is 27.3. The maximum Gasteiger partial charge on any atom is 0.252 e. The van der Waals surface area contributed by atoms with Gasteiger partial charge in [0.2, 0.25) is 5.91 Å². The van der Waals surface area contributed by atoms with Crippen LogP contribution in [0.5, 0.6) is 0 Å². The van der Waals surface area contributed by atoms with E-state index in [1.54, 1.807) is 11.8 Å². The van der Waals surface area contributed by atoms with E-state index in [2.05, 4.69) is 5.32 Å². The Morgan fingerprint density at radius 3 is 2.71 bits per heavy atom. The second-order valence-corrected chi connectivity index (χ2v) is 6.55. The van der Waals surface area contributed by atoms with Crippen LogP contribution in [0.15, 0.2) is 29.2 Å². The molecular weight excluding hydrogens is 284 g/mol. The van der Waals surface area contributed by atoms with Gasteiger partial charge in [-0.2, -0.15) is 0 Å². The quantitative estimate of drug-likeness (QED) is 0.686. The first-order chi connectivity index (χ1) is 10.2. The lowest BCUT2D eigenvalue weighted by Gasteiger charge is -2.22. The lowest BCUT2D eigenvalue weighted by Crippen LogP contribution is -2.40. The van der Waals surface area contributed by atoms with Gasteiger partial charge in [0, 0.05) is 16.6 Å². The van der Waals surface area contributed by atoms with Crippen LogP contribution < -0.4 is 5.32 Å². The van der Waals surface area contributed by atoms with Crippen LogP contribution in [0.4, 0.5) is 5.69 Å².